The van der Waals surface area contributed by atoms with Gasteiger partial charge in [-0.1, -0.05) is 33.1 Å². The molecule has 1 rings (SSSR count). The van der Waals surface area contributed by atoms with Gasteiger partial charge in [0, 0.05) is 6.54 Å². The monoisotopic (exact) mass is 348 g/mol. The van der Waals surface area contributed by atoms with Gasteiger partial charge in [0.05, 0.1) is 5.75 Å². The molecule has 0 aromatic heterocycles. The molecule has 1 aliphatic rings. The summed E-state index contributed by atoms with van der Waals surface area (Å²) in [5, 5.41) is 11.7. The van der Waals surface area contributed by atoms with Crippen LogP contribution < -0.4 is 5.32 Å². The van der Waals surface area contributed by atoms with E-state index in [1.807, 2.05) is 13.8 Å². The number of aliphatic carboxylic acids is 1. The van der Waals surface area contributed by atoms with Crippen LogP contribution in [0.1, 0.15) is 58.8 Å². The van der Waals surface area contributed by atoms with Crippen molar-refractivity contribution in [1.82, 2.24) is 9.62 Å². The van der Waals surface area contributed by atoms with E-state index in [0.29, 0.717) is 38.6 Å². The maximum atomic E-state index is 12.4. The first-order chi connectivity index (χ1) is 10.8. The van der Waals surface area contributed by atoms with E-state index in [1.54, 1.807) is 0 Å². The summed E-state index contributed by atoms with van der Waals surface area (Å²) in [4.78, 5) is 23.6. The van der Waals surface area contributed by atoms with Crippen molar-refractivity contribution in [3.8, 4) is 0 Å². The molecule has 0 aromatic rings. The number of carboxylic acid groups (broad SMARTS) is 1. The van der Waals surface area contributed by atoms with Gasteiger partial charge in [-0.05, 0) is 25.7 Å². The Morgan fingerprint density at radius 2 is 1.91 bits per heavy atom. The molecule has 1 amide bonds. The fourth-order valence-electron chi connectivity index (χ4n) is 2.71. The number of hydrogen-bond donors (Lipinski definition) is 2. The summed E-state index contributed by atoms with van der Waals surface area (Å²) in [6.45, 7) is 4.19. The van der Waals surface area contributed by atoms with Crippen LogP contribution in [0.5, 0.6) is 0 Å². The maximum Gasteiger partial charge on any atom is 0.326 e. The fraction of sp³-hybridized carbons (Fsp3) is 0.867. The van der Waals surface area contributed by atoms with Crippen molar-refractivity contribution in [3.63, 3.8) is 0 Å². The highest BCUT2D eigenvalue weighted by Gasteiger charge is 2.39. The predicted octanol–water partition coefficient (Wildman–Crippen LogP) is 1.34. The molecule has 8 heteroatoms. The second kappa shape index (κ2) is 9.22. The standard InChI is InChI=1S/C15H28N2O5S/c1-3-5-8-12(15(19)20)16-14(18)13-9-7-10-17(13)23(21,22)11-6-4-2/h12-13H,3-11H2,1-2H3,(H,16,18)(H,19,20)/t12-,13?/m0/s1. The second-order valence-electron chi connectivity index (χ2n) is 5.98. The minimum atomic E-state index is -3.46. The zero-order valence-corrected chi connectivity index (χ0v) is 14.8. The topological polar surface area (TPSA) is 104 Å². The van der Waals surface area contributed by atoms with Crippen LogP contribution >= 0.6 is 0 Å². The lowest BCUT2D eigenvalue weighted by Crippen LogP contribution is -2.51. The average Bonchev–Trinajstić information content (AvgIpc) is 2.99. The summed E-state index contributed by atoms with van der Waals surface area (Å²) >= 11 is 0. The molecule has 1 aliphatic heterocycles. The molecule has 134 valence electrons. The highest BCUT2D eigenvalue weighted by molar-refractivity contribution is 7.89. The van der Waals surface area contributed by atoms with Gasteiger partial charge in [-0.25, -0.2) is 13.2 Å². The van der Waals surface area contributed by atoms with Gasteiger partial charge >= 0.3 is 5.97 Å². The van der Waals surface area contributed by atoms with Gasteiger partial charge < -0.3 is 10.4 Å². The number of hydrogen-bond acceptors (Lipinski definition) is 4. The number of carbonyl (C=O) groups excluding carboxylic acids is 1. The number of nitrogens with zero attached hydrogens (tertiary/aromatic N) is 1. The zero-order chi connectivity index (χ0) is 17.5. The van der Waals surface area contributed by atoms with Gasteiger partial charge in [0.1, 0.15) is 12.1 Å². The molecule has 0 spiro atoms. The van der Waals surface area contributed by atoms with E-state index in [4.69, 9.17) is 0 Å². The van der Waals surface area contributed by atoms with E-state index in [9.17, 15) is 23.1 Å². The van der Waals surface area contributed by atoms with Crippen molar-refractivity contribution < 1.29 is 23.1 Å². The van der Waals surface area contributed by atoms with Crippen LogP contribution in [0.15, 0.2) is 0 Å². The number of carbonyl (C=O) groups is 2. The number of unbranched alkanes of at least 4 members (excludes halogenated alkanes) is 2. The lowest BCUT2D eigenvalue weighted by Gasteiger charge is -2.25. The molecule has 1 saturated heterocycles. The van der Waals surface area contributed by atoms with Gasteiger partial charge in [-0.15, -0.1) is 0 Å². The molecule has 1 heterocycles. The molecular weight excluding hydrogens is 320 g/mol. The quantitative estimate of drug-likeness (QED) is 0.620. The molecule has 0 aromatic carbocycles. The Morgan fingerprint density at radius 1 is 1.26 bits per heavy atom. The second-order valence-corrected chi connectivity index (χ2v) is 8.02. The Morgan fingerprint density at radius 3 is 2.48 bits per heavy atom. The van der Waals surface area contributed by atoms with Gasteiger partial charge in [0.15, 0.2) is 0 Å². The zero-order valence-electron chi connectivity index (χ0n) is 14.0. The van der Waals surface area contributed by atoms with Crippen molar-refractivity contribution in [1.29, 1.82) is 0 Å². The van der Waals surface area contributed by atoms with Crippen LogP contribution in [-0.4, -0.2) is 54.1 Å². The summed E-state index contributed by atoms with van der Waals surface area (Å²) in [5.74, 6) is -1.54. The molecule has 23 heavy (non-hydrogen) atoms. The number of rotatable bonds is 10. The Bertz CT molecular complexity index is 506. The Kier molecular flexibility index (Phi) is 7.98. The minimum absolute atomic E-state index is 0.0332. The van der Waals surface area contributed by atoms with E-state index in [2.05, 4.69) is 5.32 Å². The molecule has 2 atom stereocenters. The largest absolute Gasteiger partial charge is 0.480 e. The number of amides is 1. The maximum absolute atomic E-state index is 12.4. The average molecular weight is 348 g/mol. The third-order valence-electron chi connectivity index (χ3n) is 4.08. The van der Waals surface area contributed by atoms with E-state index in [1.165, 1.54) is 4.31 Å². The summed E-state index contributed by atoms with van der Waals surface area (Å²) in [5.41, 5.74) is 0. The van der Waals surface area contributed by atoms with E-state index in [0.717, 1.165) is 12.8 Å². The first kappa shape index (κ1) is 19.9. The lowest BCUT2D eigenvalue weighted by atomic mass is 10.1. The summed E-state index contributed by atoms with van der Waals surface area (Å²) in [6.07, 6.45) is 4.27. The smallest absolute Gasteiger partial charge is 0.326 e. The van der Waals surface area contributed by atoms with Gasteiger partial charge in [-0.2, -0.15) is 4.31 Å². The third kappa shape index (κ3) is 5.76. The summed E-state index contributed by atoms with van der Waals surface area (Å²) in [6, 6.07) is -1.73. The van der Waals surface area contributed by atoms with Crippen LogP contribution in [0.25, 0.3) is 0 Å². The molecule has 7 nitrogen and oxygen atoms in total. The van der Waals surface area contributed by atoms with Crippen LogP contribution in [0.4, 0.5) is 0 Å². The van der Waals surface area contributed by atoms with Gasteiger partial charge in [-0.3, -0.25) is 4.79 Å². The molecule has 1 unspecified atom stereocenters. The SMILES string of the molecule is CCCC[C@H](NC(=O)C1CCCN1S(=O)(=O)CCCC)C(=O)O. The van der Waals surface area contributed by atoms with Crippen molar-refractivity contribution in [2.45, 2.75) is 70.9 Å². The molecule has 0 bridgehead atoms. The third-order valence-corrected chi connectivity index (χ3v) is 6.04. The molecular formula is C15H28N2O5S. The molecule has 0 radical (unpaired) electrons. The van der Waals surface area contributed by atoms with Crippen LogP contribution in [0.3, 0.4) is 0 Å². The van der Waals surface area contributed by atoms with Crippen molar-refractivity contribution in [2.75, 3.05) is 12.3 Å². The van der Waals surface area contributed by atoms with Crippen molar-refractivity contribution >= 4 is 21.9 Å². The first-order valence-electron chi connectivity index (χ1n) is 8.36. The van der Waals surface area contributed by atoms with Gasteiger partial charge in [0.2, 0.25) is 15.9 Å². The number of nitrogens with one attached hydrogen (secondary N) is 1. The predicted molar refractivity (Wildman–Crippen MR) is 87.5 cm³/mol. The van der Waals surface area contributed by atoms with Gasteiger partial charge in [0.25, 0.3) is 0 Å². The highest BCUT2D eigenvalue weighted by Crippen LogP contribution is 2.22. The molecule has 2 N–H and O–H groups in total. The summed E-state index contributed by atoms with van der Waals surface area (Å²) in [7, 11) is -3.46. The first-order valence-corrected chi connectivity index (χ1v) is 9.97. The summed E-state index contributed by atoms with van der Waals surface area (Å²) < 4.78 is 25.9. The van der Waals surface area contributed by atoms with Crippen LogP contribution in [0, 0.1) is 0 Å². The van der Waals surface area contributed by atoms with Crippen molar-refractivity contribution in [3.05, 3.63) is 0 Å². The Hall–Kier alpha value is -1.15. The number of sulfonamides is 1. The number of carboxylic acids is 1. The van der Waals surface area contributed by atoms with Crippen molar-refractivity contribution in [2.24, 2.45) is 0 Å². The molecule has 1 fully saturated rings. The molecule has 0 saturated carbocycles. The normalized spacial score (nSPS) is 20.3. The van der Waals surface area contributed by atoms with Crippen LogP contribution in [0.2, 0.25) is 0 Å². The highest BCUT2D eigenvalue weighted by atomic mass is 32.2. The van der Waals surface area contributed by atoms with E-state index >= 15 is 0 Å². The minimum Gasteiger partial charge on any atom is -0.480 e. The van der Waals surface area contributed by atoms with Crippen LogP contribution in [-0.2, 0) is 19.6 Å². The van der Waals surface area contributed by atoms with E-state index in [-0.39, 0.29) is 5.75 Å². The Labute approximate surface area is 138 Å². The van der Waals surface area contributed by atoms with E-state index < -0.39 is 34.0 Å². The molecule has 0 aliphatic carbocycles. The fourth-order valence-corrected chi connectivity index (χ4v) is 4.60. The lowest BCUT2D eigenvalue weighted by molar-refractivity contribution is -0.142. The Balaban J connectivity index is 2.75.